The van der Waals surface area contributed by atoms with Gasteiger partial charge in [0.1, 0.15) is 0 Å². The highest BCUT2D eigenvalue weighted by Gasteiger charge is 2.33. The quantitative estimate of drug-likeness (QED) is 0.492. The van der Waals surface area contributed by atoms with Crippen LogP contribution in [0.1, 0.15) is 25.3 Å². The molecule has 0 spiro atoms. The molecule has 16 heavy (non-hydrogen) atoms. The summed E-state index contributed by atoms with van der Waals surface area (Å²) in [5, 5.41) is 0. The fourth-order valence-corrected chi connectivity index (χ4v) is 2.24. The van der Waals surface area contributed by atoms with Crippen LogP contribution in [-0.2, 0) is 6.18 Å². The first-order valence-electron chi connectivity index (χ1n) is 5.04. The van der Waals surface area contributed by atoms with Crippen molar-refractivity contribution in [3.05, 3.63) is 23.8 Å². The number of halogens is 3. The van der Waals surface area contributed by atoms with Gasteiger partial charge in [0.2, 0.25) is 0 Å². The lowest BCUT2D eigenvalue weighted by Gasteiger charge is -2.11. The number of alkyl halides is 3. The van der Waals surface area contributed by atoms with Crippen LogP contribution in [0.5, 0.6) is 0 Å². The molecule has 1 aromatic rings. The van der Waals surface area contributed by atoms with Crippen molar-refractivity contribution in [2.45, 2.75) is 30.8 Å². The summed E-state index contributed by atoms with van der Waals surface area (Å²) >= 11 is 1.43. The van der Waals surface area contributed by atoms with Gasteiger partial charge in [0, 0.05) is 10.6 Å². The zero-order chi connectivity index (χ0) is 12.2. The lowest BCUT2D eigenvalue weighted by molar-refractivity contribution is -0.137. The molecule has 90 valence electrons. The number of nitrogens with two attached hydrogens (primary N) is 1. The second kappa shape index (κ2) is 5.48. The summed E-state index contributed by atoms with van der Waals surface area (Å²) in [5.41, 5.74) is 4.34. The SMILES string of the molecule is CCCCSc1ccc(N)c(C(F)(F)F)c1. The fourth-order valence-electron chi connectivity index (χ4n) is 1.21. The molecule has 0 heterocycles. The molecule has 0 aliphatic carbocycles. The molecular formula is C11H14F3NS. The van der Waals surface area contributed by atoms with Crippen LogP contribution in [0.2, 0.25) is 0 Å². The van der Waals surface area contributed by atoms with Gasteiger partial charge < -0.3 is 5.73 Å². The van der Waals surface area contributed by atoms with Crippen LogP contribution in [0.4, 0.5) is 18.9 Å². The van der Waals surface area contributed by atoms with E-state index in [1.165, 1.54) is 17.8 Å². The van der Waals surface area contributed by atoms with Crippen LogP contribution in [0, 0.1) is 0 Å². The Morgan fingerprint density at radius 2 is 2.00 bits per heavy atom. The zero-order valence-corrected chi connectivity index (χ0v) is 9.79. The average molecular weight is 249 g/mol. The van der Waals surface area contributed by atoms with Crippen LogP contribution in [-0.4, -0.2) is 5.75 Å². The number of nitrogen functional groups attached to an aromatic ring is 1. The van der Waals surface area contributed by atoms with Crippen molar-refractivity contribution < 1.29 is 13.2 Å². The third-order valence-electron chi connectivity index (χ3n) is 2.10. The van der Waals surface area contributed by atoms with Gasteiger partial charge in [-0.05, 0) is 30.4 Å². The monoisotopic (exact) mass is 249 g/mol. The molecule has 0 aliphatic heterocycles. The van der Waals surface area contributed by atoms with Gasteiger partial charge in [-0.1, -0.05) is 13.3 Å². The molecule has 0 unspecified atom stereocenters. The Bertz CT molecular complexity index is 350. The second-order valence-corrected chi connectivity index (χ2v) is 4.62. The molecule has 0 amide bonds. The van der Waals surface area contributed by atoms with E-state index < -0.39 is 11.7 Å². The Morgan fingerprint density at radius 3 is 2.56 bits per heavy atom. The fraction of sp³-hybridized carbons (Fsp3) is 0.455. The predicted octanol–water partition coefficient (Wildman–Crippen LogP) is 4.18. The Balaban J connectivity index is 2.82. The molecule has 0 bridgehead atoms. The summed E-state index contributed by atoms with van der Waals surface area (Å²) in [6.07, 6.45) is -2.34. The summed E-state index contributed by atoms with van der Waals surface area (Å²) in [7, 11) is 0. The van der Waals surface area contributed by atoms with E-state index in [0.717, 1.165) is 24.7 Å². The normalized spacial score (nSPS) is 11.8. The van der Waals surface area contributed by atoms with Gasteiger partial charge in [0.15, 0.2) is 0 Å². The molecule has 2 N–H and O–H groups in total. The zero-order valence-electron chi connectivity index (χ0n) is 8.97. The maximum atomic E-state index is 12.5. The molecular weight excluding hydrogens is 235 g/mol. The maximum Gasteiger partial charge on any atom is 0.418 e. The summed E-state index contributed by atoms with van der Waals surface area (Å²) in [6, 6.07) is 4.07. The van der Waals surface area contributed by atoms with E-state index in [2.05, 4.69) is 0 Å². The largest absolute Gasteiger partial charge is 0.418 e. The highest BCUT2D eigenvalue weighted by molar-refractivity contribution is 7.99. The first-order valence-corrected chi connectivity index (χ1v) is 6.03. The molecule has 0 aliphatic rings. The van der Waals surface area contributed by atoms with E-state index in [-0.39, 0.29) is 5.69 Å². The summed E-state index contributed by atoms with van der Waals surface area (Å²) in [6.45, 7) is 2.05. The molecule has 1 nitrogen and oxygen atoms in total. The summed E-state index contributed by atoms with van der Waals surface area (Å²) in [5.74, 6) is 0.831. The molecule has 0 fully saturated rings. The van der Waals surface area contributed by atoms with E-state index in [4.69, 9.17) is 5.73 Å². The Kier molecular flexibility index (Phi) is 4.53. The van der Waals surface area contributed by atoms with Crippen molar-refractivity contribution in [2.75, 3.05) is 11.5 Å². The van der Waals surface area contributed by atoms with Crippen molar-refractivity contribution in [1.29, 1.82) is 0 Å². The molecule has 0 radical (unpaired) electrons. The van der Waals surface area contributed by atoms with E-state index in [9.17, 15) is 13.2 Å². The molecule has 0 aromatic heterocycles. The lowest BCUT2D eigenvalue weighted by Crippen LogP contribution is -2.08. The number of hydrogen-bond acceptors (Lipinski definition) is 2. The molecule has 0 saturated carbocycles. The number of anilines is 1. The average Bonchev–Trinajstić information content (AvgIpc) is 2.19. The highest BCUT2D eigenvalue weighted by Crippen LogP contribution is 2.36. The van der Waals surface area contributed by atoms with Crippen molar-refractivity contribution >= 4 is 17.4 Å². The number of hydrogen-bond donors (Lipinski definition) is 1. The van der Waals surface area contributed by atoms with E-state index in [1.807, 2.05) is 6.92 Å². The standard InChI is InChI=1S/C11H14F3NS/c1-2-3-6-16-8-4-5-10(15)9(7-8)11(12,13)14/h4-5,7H,2-3,6,15H2,1H3. The van der Waals surface area contributed by atoms with Gasteiger partial charge in [-0.2, -0.15) is 13.2 Å². The summed E-state index contributed by atoms with van der Waals surface area (Å²) < 4.78 is 37.6. The predicted molar refractivity (Wildman–Crippen MR) is 61.5 cm³/mol. The van der Waals surface area contributed by atoms with Crippen molar-refractivity contribution in [3.63, 3.8) is 0 Å². The van der Waals surface area contributed by atoms with Gasteiger partial charge in [0.25, 0.3) is 0 Å². The van der Waals surface area contributed by atoms with Crippen molar-refractivity contribution in [1.82, 2.24) is 0 Å². The Labute approximate surface area is 97.2 Å². The maximum absolute atomic E-state index is 12.5. The smallest absolute Gasteiger partial charge is 0.398 e. The molecule has 5 heteroatoms. The number of unbranched alkanes of at least 4 members (excludes halogenated alkanes) is 1. The minimum Gasteiger partial charge on any atom is -0.398 e. The first-order chi connectivity index (χ1) is 7.45. The van der Waals surface area contributed by atoms with Gasteiger partial charge in [-0.3, -0.25) is 0 Å². The Hall–Kier alpha value is -0.840. The van der Waals surface area contributed by atoms with Gasteiger partial charge in [-0.15, -0.1) is 11.8 Å². The van der Waals surface area contributed by atoms with Gasteiger partial charge in [-0.25, -0.2) is 0 Å². The number of benzene rings is 1. The van der Waals surface area contributed by atoms with Crippen LogP contribution in [0.25, 0.3) is 0 Å². The van der Waals surface area contributed by atoms with Crippen LogP contribution in [0.3, 0.4) is 0 Å². The minimum atomic E-state index is -4.37. The second-order valence-electron chi connectivity index (χ2n) is 3.45. The van der Waals surface area contributed by atoms with E-state index in [0.29, 0.717) is 4.90 Å². The van der Waals surface area contributed by atoms with E-state index in [1.54, 1.807) is 6.07 Å². The molecule has 1 aromatic carbocycles. The van der Waals surface area contributed by atoms with Gasteiger partial charge in [0.05, 0.1) is 5.56 Å². The Morgan fingerprint density at radius 1 is 1.31 bits per heavy atom. The summed E-state index contributed by atoms with van der Waals surface area (Å²) in [4.78, 5) is 0.620. The highest BCUT2D eigenvalue weighted by atomic mass is 32.2. The van der Waals surface area contributed by atoms with Crippen molar-refractivity contribution in [2.24, 2.45) is 0 Å². The first kappa shape index (κ1) is 13.2. The van der Waals surface area contributed by atoms with E-state index >= 15 is 0 Å². The number of thioether (sulfide) groups is 1. The molecule has 0 atom stereocenters. The third-order valence-corrected chi connectivity index (χ3v) is 3.18. The minimum absolute atomic E-state index is 0.215. The molecule has 0 saturated heterocycles. The third kappa shape index (κ3) is 3.63. The van der Waals surface area contributed by atoms with Crippen LogP contribution in [0.15, 0.2) is 23.1 Å². The topological polar surface area (TPSA) is 26.0 Å². The van der Waals surface area contributed by atoms with Crippen molar-refractivity contribution in [3.8, 4) is 0 Å². The van der Waals surface area contributed by atoms with Crippen LogP contribution >= 0.6 is 11.8 Å². The lowest BCUT2D eigenvalue weighted by atomic mass is 10.2. The number of rotatable bonds is 4. The van der Waals surface area contributed by atoms with Crippen LogP contribution < -0.4 is 5.73 Å². The van der Waals surface area contributed by atoms with Gasteiger partial charge >= 0.3 is 6.18 Å². The molecule has 1 rings (SSSR count).